The zero-order chi connectivity index (χ0) is 17.1. The standard InChI is InChI=1S/C17H23FN4O2/c1-19-7-11-9-22(10-15(11)23)6-5-12-13(18)8-20-14-3-4-16(24-2)21-17(12)14/h3-4,8,11,15,19,23H,5-7,9-10H2,1-2H3. The monoisotopic (exact) mass is 334 g/mol. The Morgan fingerprint density at radius 2 is 2.25 bits per heavy atom. The van der Waals surface area contributed by atoms with Gasteiger partial charge in [-0.3, -0.25) is 4.98 Å². The molecule has 2 aromatic rings. The summed E-state index contributed by atoms with van der Waals surface area (Å²) in [4.78, 5) is 10.6. The van der Waals surface area contributed by atoms with Crippen LogP contribution in [-0.2, 0) is 6.42 Å². The summed E-state index contributed by atoms with van der Waals surface area (Å²) in [5.41, 5.74) is 1.74. The van der Waals surface area contributed by atoms with Gasteiger partial charge in [0.05, 0.1) is 30.4 Å². The number of hydrogen-bond acceptors (Lipinski definition) is 6. The molecule has 3 rings (SSSR count). The molecule has 2 unspecified atom stereocenters. The van der Waals surface area contributed by atoms with Crippen molar-refractivity contribution in [2.75, 3.05) is 40.3 Å². The maximum atomic E-state index is 14.3. The molecule has 0 amide bonds. The van der Waals surface area contributed by atoms with Crippen molar-refractivity contribution in [3.63, 3.8) is 0 Å². The molecule has 0 saturated carbocycles. The van der Waals surface area contributed by atoms with E-state index in [1.807, 2.05) is 7.05 Å². The van der Waals surface area contributed by atoms with Crippen LogP contribution < -0.4 is 10.1 Å². The quantitative estimate of drug-likeness (QED) is 0.816. The van der Waals surface area contributed by atoms with E-state index < -0.39 is 0 Å². The summed E-state index contributed by atoms with van der Waals surface area (Å²) in [6.45, 7) is 2.88. The first kappa shape index (κ1) is 17.0. The summed E-state index contributed by atoms with van der Waals surface area (Å²) in [7, 11) is 3.42. The first-order valence-electron chi connectivity index (χ1n) is 8.15. The number of ether oxygens (including phenoxy) is 1. The first-order valence-corrected chi connectivity index (χ1v) is 8.15. The lowest BCUT2D eigenvalue weighted by molar-refractivity contribution is 0.141. The normalized spacial score (nSPS) is 21.5. The van der Waals surface area contributed by atoms with Gasteiger partial charge in [-0.15, -0.1) is 0 Å². The van der Waals surface area contributed by atoms with Gasteiger partial charge in [0.1, 0.15) is 5.82 Å². The molecule has 3 heterocycles. The Kier molecular flexibility index (Phi) is 5.23. The van der Waals surface area contributed by atoms with Gasteiger partial charge in [-0.25, -0.2) is 9.37 Å². The third-order valence-corrected chi connectivity index (χ3v) is 4.58. The number of halogens is 1. The molecule has 0 aromatic carbocycles. The topological polar surface area (TPSA) is 70.5 Å². The van der Waals surface area contributed by atoms with Crippen molar-refractivity contribution in [1.29, 1.82) is 0 Å². The highest BCUT2D eigenvalue weighted by Crippen LogP contribution is 2.23. The van der Waals surface area contributed by atoms with Crippen molar-refractivity contribution in [3.8, 4) is 5.88 Å². The van der Waals surface area contributed by atoms with Gasteiger partial charge in [0.15, 0.2) is 0 Å². The number of likely N-dealkylation sites (tertiary alicyclic amines) is 1. The van der Waals surface area contributed by atoms with Crippen LogP contribution in [0.25, 0.3) is 11.0 Å². The number of methoxy groups -OCH3 is 1. The Morgan fingerprint density at radius 3 is 3.00 bits per heavy atom. The molecular formula is C17H23FN4O2. The highest BCUT2D eigenvalue weighted by Gasteiger charge is 2.30. The van der Waals surface area contributed by atoms with E-state index in [1.54, 1.807) is 12.1 Å². The van der Waals surface area contributed by atoms with E-state index in [0.717, 1.165) is 13.1 Å². The van der Waals surface area contributed by atoms with Crippen LogP contribution in [-0.4, -0.2) is 66.4 Å². The number of rotatable bonds is 6. The number of aliphatic hydroxyl groups excluding tert-OH is 1. The van der Waals surface area contributed by atoms with Crippen LogP contribution in [0.15, 0.2) is 18.3 Å². The molecule has 130 valence electrons. The second-order valence-corrected chi connectivity index (χ2v) is 6.20. The van der Waals surface area contributed by atoms with E-state index in [9.17, 15) is 9.50 Å². The highest BCUT2D eigenvalue weighted by atomic mass is 19.1. The number of pyridine rings is 2. The van der Waals surface area contributed by atoms with Gasteiger partial charge in [0.2, 0.25) is 5.88 Å². The molecular weight excluding hydrogens is 311 g/mol. The number of aromatic nitrogens is 2. The largest absolute Gasteiger partial charge is 0.481 e. The van der Waals surface area contributed by atoms with Crippen LogP contribution in [0.1, 0.15) is 5.56 Å². The van der Waals surface area contributed by atoms with Crippen LogP contribution in [0.4, 0.5) is 4.39 Å². The smallest absolute Gasteiger partial charge is 0.213 e. The van der Waals surface area contributed by atoms with Crippen molar-refractivity contribution >= 4 is 11.0 Å². The summed E-state index contributed by atoms with van der Waals surface area (Å²) in [5.74, 6) is 0.309. The second kappa shape index (κ2) is 7.38. The number of nitrogens with one attached hydrogen (secondary N) is 1. The van der Waals surface area contributed by atoms with Gasteiger partial charge >= 0.3 is 0 Å². The van der Waals surface area contributed by atoms with Gasteiger partial charge in [-0.2, -0.15) is 0 Å². The lowest BCUT2D eigenvalue weighted by atomic mass is 10.1. The summed E-state index contributed by atoms with van der Waals surface area (Å²) in [6, 6.07) is 3.50. The Bertz CT molecular complexity index is 712. The van der Waals surface area contributed by atoms with Crippen molar-refractivity contribution in [2.24, 2.45) is 5.92 Å². The Labute approximate surface area is 140 Å². The SMILES string of the molecule is CNCC1CN(CCc2c(F)cnc3ccc(OC)nc23)CC1O. The van der Waals surface area contributed by atoms with Crippen LogP contribution in [0, 0.1) is 11.7 Å². The third kappa shape index (κ3) is 3.48. The third-order valence-electron chi connectivity index (χ3n) is 4.58. The number of aliphatic hydroxyl groups is 1. The molecule has 2 aromatic heterocycles. The number of β-amino-alcohol motifs (C(OH)–C–C–N with tert-alkyl or cyclic N) is 1. The molecule has 0 spiro atoms. The molecule has 2 atom stereocenters. The van der Waals surface area contributed by atoms with Crippen LogP contribution in [0.2, 0.25) is 0 Å². The Balaban J connectivity index is 1.76. The number of hydrogen-bond donors (Lipinski definition) is 2. The van der Waals surface area contributed by atoms with Gasteiger partial charge in [0.25, 0.3) is 0 Å². The van der Waals surface area contributed by atoms with Crippen LogP contribution in [0.3, 0.4) is 0 Å². The number of nitrogens with zero attached hydrogens (tertiary/aromatic N) is 3. The maximum Gasteiger partial charge on any atom is 0.213 e. The fraction of sp³-hybridized carbons (Fsp3) is 0.529. The van der Waals surface area contributed by atoms with Crippen molar-refractivity contribution in [1.82, 2.24) is 20.2 Å². The summed E-state index contributed by atoms with van der Waals surface area (Å²) in [6.07, 6.45) is 1.42. The predicted octanol–water partition coefficient (Wildman–Crippen LogP) is 0.832. The molecule has 1 aliphatic rings. The van der Waals surface area contributed by atoms with E-state index in [4.69, 9.17) is 4.74 Å². The average Bonchev–Trinajstić information content (AvgIpc) is 2.93. The predicted molar refractivity (Wildman–Crippen MR) is 89.6 cm³/mol. The van der Waals surface area contributed by atoms with Crippen molar-refractivity contribution in [2.45, 2.75) is 12.5 Å². The zero-order valence-corrected chi connectivity index (χ0v) is 14.0. The van der Waals surface area contributed by atoms with Gasteiger partial charge in [0, 0.05) is 43.7 Å². The van der Waals surface area contributed by atoms with E-state index in [0.29, 0.717) is 42.0 Å². The van der Waals surface area contributed by atoms with Crippen molar-refractivity contribution < 1.29 is 14.2 Å². The Morgan fingerprint density at radius 1 is 1.42 bits per heavy atom. The average molecular weight is 334 g/mol. The molecule has 0 bridgehead atoms. The molecule has 1 aliphatic heterocycles. The fourth-order valence-corrected chi connectivity index (χ4v) is 3.29. The second-order valence-electron chi connectivity index (χ2n) is 6.20. The maximum absolute atomic E-state index is 14.3. The lowest BCUT2D eigenvalue weighted by Crippen LogP contribution is -2.28. The van der Waals surface area contributed by atoms with Gasteiger partial charge in [-0.05, 0) is 19.5 Å². The molecule has 0 radical (unpaired) electrons. The van der Waals surface area contributed by atoms with E-state index in [1.165, 1.54) is 13.3 Å². The summed E-state index contributed by atoms with van der Waals surface area (Å²) in [5, 5.41) is 13.2. The van der Waals surface area contributed by atoms with Gasteiger partial charge in [-0.1, -0.05) is 0 Å². The first-order chi connectivity index (χ1) is 11.6. The lowest BCUT2D eigenvalue weighted by Gasteiger charge is -2.16. The molecule has 6 nitrogen and oxygen atoms in total. The molecule has 0 aliphatic carbocycles. The van der Waals surface area contributed by atoms with Crippen LogP contribution >= 0.6 is 0 Å². The van der Waals surface area contributed by atoms with E-state index >= 15 is 0 Å². The molecule has 1 fully saturated rings. The van der Waals surface area contributed by atoms with E-state index in [-0.39, 0.29) is 17.8 Å². The highest BCUT2D eigenvalue weighted by molar-refractivity contribution is 5.78. The fourth-order valence-electron chi connectivity index (χ4n) is 3.29. The molecule has 7 heteroatoms. The molecule has 2 N–H and O–H groups in total. The summed E-state index contributed by atoms with van der Waals surface area (Å²) < 4.78 is 19.4. The van der Waals surface area contributed by atoms with E-state index in [2.05, 4.69) is 20.2 Å². The van der Waals surface area contributed by atoms with Crippen LogP contribution in [0.5, 0.6) is 5.88 Å². The van der Waals surface area contributed by atoms with Gasteiger partial charge < -0.3 is 20.1 Å². The number of fused-ring (bicyclic) bond motifs is 1. The zero-order valence-electron chi connectivity index (χ0n) is 14.0. The van der Waals surface area contributed by atoms with Crippen molar-refractivity contribution in [3.05, 3.63) is 29.7 Å². The summed E-state index contributed by atoms with van der Waals surface area (Å²) >= 11 is 0. The minimum atomic E-state index is -0.352. The molecule has 1 saturated heterocycles. The Hall–Kier alpha value is -1.83. The molecule has 24 heavy (non-hydrogen) atoms. The minimum Gasteiger partial charge on any atom is -0.481 e. The minimum absolute atomic E-state index is 0.215.